The number of fused-ring (bicyclic) bond motifs is 1. The summed E-state index contributed by atoms with van der Waals surface area (Å²) in [6, 6.07) is 6.97. The molecule has 2 aromatic rings. The fourth-order valence-electron chi connectivity index (χ4n) is 2.17. The average Bonchev–Trinajstić information content (AvgIpc) is 3.23. The molecule has 2 aromatic heterocycles. The van der Waals surface area contributed by atoms with E-state index in [0.717, 1.165) is 29.9 Å². The van der Waals surface area contributed by atoms with Crippen LogP contribution in [0.25, 0.3) is 5.65 Å². The van der Waals surface area contributed by atoms with Crippen LogP contribution in [0.4, 0.5) is 0 Å². The number of aromatic nitrogens is 2. The van der Waals surface area contributed by atoms with Crippen LogP contribution in [0, 0.1) is 5.92 Å². The maximum Gasteiger partial charge on any atom is 0.138 e. The Hall–Kier alpha value is -1.00. The van der Waals surface area contributed by atoms with Gasteiger partial charge in [0.05, 0.1) is 5.69 Å². The van der Waals surface area contributed by atoms with Crippen LogP contribution in [0.2, 0.25) is 0 Å². The maximum atomic E-state index is 4.80. The first kappa shape index (κ1) is 14.0. The third-order valence-electron chi connectivity index (χ3n) is 3.93. The largest absolute Gasteiger partial charge is 0.308 e. The molecule has 1 aliphatic carbocycles. The highest BCUT2D eigenvalue weighted by Crippen LogP contribution is 2.27. The molecule has 0 radical (unpaired) electrons. The highest BCUT2D eigenvalue weighted by molar-refractivity contribution is 7.99. The molecular weight excluding hydrogens is 266 g/mol. The maximum absolute atomic E-state index is 4.80. The lowest BCUT2D eigenvalue weighted by Gasteiger charge is -2.08. The molecular formula is C16H23N3S. The van der Waals surface area contributed by atoms with Crippen molar-refractivity contribution >= 4 is 17.4 Å². The third-order valence-corrected chi connectivity index (χ3v) is 5.27. The summed E-state index contributed by atoms with van der Waals surface area (Å²) < 4.78 is 2.23. The zero-order valence-corrected chi connectivity index (χ0v) is 13.1. The van der Waals surface area contributed by atoms with Crippen LogP contribution in [-0.4, -0.2) is 21.2 Å². The molecule has 20 heavy (non-hydrogen) atoms. The molecule has 0 aliphatic heterocycles. The Morgan fingerprint density at radius 1 is 1.45 bits per heavy atom. The van der Waals surface area contributed by atoms with E-state index in [0.29, 0.717) is 0 Å². The van der Waals surface area contributed by atoms with Gasteiger partial charge in [-0.25, -0.2) is 4.98 Å². The summed E-state index contributed by atoms with van der Waals surface area (Å²) in [5.74, 6) is 1.89. The van der Waals surface area contributed by atoms with Gasteiger partial charge in [-0.2, -0.15) is 0 Å². The van der Waals surface area contributed by atoms with E-state index in [4.69, 9.17) is 4.98 Å². The van der Waals surface area contributed by atoms with Crippen molar-refractivity contribution < 1.29 is 0 Å². The molecule has 1 atom stereocenters. The number of rotatable bonds is 7. The van der Waals surface area contributed by atoms with Crippen molar-refractivity contribution in [2.75, 3.05) is 5.75 Å². The van der Waals surface area contributed by atoms with E-state index in [1.165, 1.54) is 30.0 Å². The predicted octanol–water partition coefficient (Wildman–Crippen LogP) is 3.72. The monoisotopic (exact) mass is 289 g/mol. The van der Waals surface area contributed by atoms with Gasteiger partial charge in [0.15, 0.2) is 0 Å². The standard InChI is InChI=1S/C16H23N3S/c1-3-12(2)11-20-16-14(10-17-13-7-8-13)19-9-5-4-6-15(19)18-16/h4-6,9,12-13,17H,3,7-8,10-11H2,1-2H3. The Labute approximate surface area is 125 Å². The fourth-order valence-corrected chi connectivity index (χ4v) is 3.34. The Balaban J connectivity index is 1.81. The molecule has 0 amide bonds. The SMILES string of the molecule is CCC(C)CSc1nc2ccccn2c1CNC1CC1. The molecule has 1 fully saturated rings. The lowest BCUT2D eigenvalue weighted by molar-refractivity contribution is 0.635. The Morgan fingerprint density at radius 3 is 3.05 bits per heavy atom. The second-order valence-electron chi connectivity index (χ2n) is 5.77. The highest BCUT2D eigenvalue weighted by Gasteiger charge is 2.22. The van der Waals surface area contributed by atoms with Gasteiger partial charge in [0.1, 0.15) is 10.7 Å². The molecule has 1 N–H and O–H groups in total. The van der Waals surface area contributed by atoms with E-state index >= 15 is 0 Å². The fraction of sp³-hybridized carbons (Fsp3) is 0.562. The molecule has 3 nitrogen and oxygen atoms in total. The van der Waals surface area contributed by atoms with Crippen molar-refractivity contribution in [1.82, 2.24) is 14.7 Å². The van der Waals surface area contributed by atoms with Crippen LogP contribution in [0.5, 0.6) is 0 Å². The van der Waals surface area contributed by atoms with Gasteiger partial charge in [0, 0.05) is 24.5 Å². The van der Waals surface area contributed by atoms with Crippen molar-refractivity contribution in [2.24, 2.45) is 5.92 Å². The Morgan fingerprint density at radius 2 is 2.30 bits per heavy atom. The van der Waals surface area contributed by atoms with Crippen molar-refractivity contribution in [3.63, 3.8) is 0 Å². The van der Waals surface area contributed by atoms with Gasteiger partial charge in [0.2, 0.25) is 0 Å². The summed E-state index contributed by atoms with van der Waals surface area (Å²) in [5, 5.41) is 4.82. The van der Waals surface area contributed by atoms with E-state index in [1.54, 1.807) is 0 Å². The van der Waals surface area contributed by atoms with E-state index in [9.17, 15) is 0 Å². The number of nitrogens with one attached hydrogen (secondary N) is 1. The number of hydrogen-bond donors (Lipinski definition) is 1. The van der Waals surface area contributed by atoms with Crippen LogP contribution in [0.1, 0.15) is 38.8 Å². The molecule has 0 saturated heterocycles. The van der Waals surface area contributed by atoms with E-state index in [-0.39, 0.29) is 0 Å². The Bertz CT molecular complexity index is 574. The molecule has 4 heteroatoms. The van der Waals surface area contributed by atoms with Crippen molar-refractivity contribution in [2.45, 2.75) is 50.7 Å². The molecule has 0 spiro atoms. The summed E-state index contributed by atoms with van der Waals surface area (Å²) in [6.45, 7) is 5.49. The van der Waals surface area contributed by atoms with Gasteiger partial charge in [-0.1, -0.05) is 26.3 Å². The van der Waals surface area contributed by atoms with Gasteiger partial charge in [0.25, 0.3) is 0 Å². The number of imidazole rings is 1. The predicted molar refractivity (Wildman–Crippen MR) is 85.2 cm³/mol. The van der Waals surface area contributed by atoms with Crippen LogP contribution in [0.15, 0.2) is 29.4 Å². The second-order valence-corrected chi connectivity index (χ2v) is 6.78. The van der Waals surface area contributed by atoms with Crippen LogP contribution in [0.3, 0.4) is 0 Å². The summed E-state index contributed by atoms with van der Waals surface area (Å²) in [4.78, 5) is 4.80. The molecule has 3 rings (SSSR count). The van der Waals surface area contributed by atoms with Crippen LogP contribution >= 0.6 is 11.8 Å². The third kappa shape index (κ3) is 3.18. The molecule has 1 aliphatic rings. The van der Waals surface area contributed by atoms with E-state index in [2.05, 4.69) is 48.0 Å². The first-order chi connectivity index (χ1) is 9.78. The van der Waals surface area contributed by atoms with Crippen molar-refractivity contribution in [3.05, 3.63) is 30.1 Å². The van der Waals surface area contributed by atoms with E-state index in [1.807, 2.05) is 11.8 Å². The molecule has 2 heterocycles. The summed E-state index contributed by atoms with van der Waals surface area (Å²) in [5.41, 5.74) is 2.38. The number of pyridine rings is 1. The zero-order chi connectivity index (χ0) is 13.9. The normalized spacial score (nSPS) is 16.7. The lowest BCUT2D eigenvalue weighted by Crippen LogP contribution is -2.17. The summed E-state index contributed by atoms with van der Waals surface area (Å²) >= 11 is 1.91. The van der Waals surface area contributed by atoms with Gasteiger partial charge in [-0.05, 0) is 30.9 Å². The van der Waals surface area contributed by atoms with Crippen LogP contribution < -0.4 is 5.32 Å². The smallest absolute Gasteiger partial charge is 0.138 e. The quantitative estimate of drug-likeness (QED) is 0.788. The first-order valence-corrected chi connectivity index (χ1v) is 8.58. The molecule has 1 unspecified atom stereocenters. The van der Waals surface area contributed by atoms with Gasteiger partial charge in [-0.15, -0.1) is 11.8 Å². The summed E-state index contributed by atoms with van der Waals surface area (Å²) in [7, 11) is 0. The minimum atomic E-state index is 0.733. The Kier molecular flexibility index (Phi) is 4.32. The topological polar surface area (TPSA) is 29.3 Å². The molecule has 0 bridgehead atoms. The zero-order valence-electron chi connectivity index (χ0n) is 12.3. The average molecular weight is 289 g/mol. The highest BCUT2D eigenvalue weighted by atomic mass is 32.2. The molecule has 1 saturated carbocycles. The second kappa shape index (κ2) is 6.19. The van der Waals surface area contributed by atoms with Gasteiger partial charge >= 0.3 is 0 Å². The first-order valence-electron chi connectivity index (χ1n) is 7.60. The van der Waals surface area contributed by atoms with Gasteiger partial charge in [-0.3, -0.25) is 0 Å². The summed E-state index contributed by atoms with van der Waals surface area (Å²) in [6.07, 6.45) is 6.01. The number of nitrogens with zero attached hydrogens (tertiary/aromatic N) is 2. The molecule has 108 valence electrons. The van der Waals surface area contributed by atoms with Crippen molar-refractivity contribution in [3.8, 4) is 0 Å². The lowest BCUT2D eigenvalue weighted by atomic mass is 10.2. The van der Waals surface area contributed by atoms with Crippen molar-refractivity contribution in [1.29, 1.82) is 0 Å². The molecule has 0 aromatic carbocycles. The number of hydrogen-bond acceptors (Lipinski definition) is 3. The van der Waals surface area contributed by atoms with E-state index < -0.39 is 0 Å². The van der Waals surface area contributed by atoms with Crippen LogP contribution in [-0.2, 0) is 6.54 Å². The minimum Gasteiger partial charge on any atom is -0.308 e. The van der Waals surface area contributed by atoms with Gasteiger partial charge < -0.3 is 9.72 Å². The minimum absolute atomic E-state index is 0.733. The number of thioether (sulfide) groups is 1.